The zero-order valence-electron chi connectivity index (χ0n) is 45.9. The number of esters is 3. The molecule has 0 spiro atoms. The number of allylic oxidation sites excluding steroid dienone is 4. The highest BCUT2D eigenvalue weighted by Crippen LogP contribution is 2.17. The van der Waals surface area contributed by atoms with Gasteiger partial charge in [0.05, 0.1) is 0 Å². The number of carbonyl (C=O) groups excluding carboxylic acids is 3. The average molecular weight is 958 g/mol. The van der Waals surface area contributed by atoms with Crippen LogP contribution in [0.25, 0.3) is 0 Å². The van der Waals surface area contributed by atoms with Crippen molar-refractivity contribution < 1.29 is 28.6 Å². The summed E-state index contributed by atoms with van der Waals surface area (Å²) in [5.41, 5.74) is 0. The van der Waals surface area contributed by atoms with Gasteiger partial charge in [-0.1, -0.05) is 270 Å². The predicted octanol–water partition coefficient (Wildman–Crippen LogP) is 20.3. The topological polar surface area (TPSA) is 78.9 Å². The third-order valence-corrected chi connectivity index (χ3v) is 13.7. The minimum absolute atomic E-state index is 0.0699. The molecule has 0 amide bonds. The van der Waals surface area contributed by atoms with Gasteiger partial charge in [-0.25, -0.2) is 0 Å². The third-order valence-electron chi connectivity index (χ3n) is 13.7. The van der Waals surface area contributed by atoms with E-state index in [1.54, 1.807) is 0 Å². The van der Waals surface area contributed by atoms with Gasteiger partial charge in [0.15, 0.2) is 6.10 Å². The Labute approximate surface area is 423 Å². The molecule has 0 aromatic carbocycles. The smallest absolute Gasteiger partial charge is 0.306 e. The highest BCUT2D eigenvalue weighted by Gasteiger charge is 2.19. The summed E-state index contributed by atoms with van der Waals surface area (Å²) >= 11 is 0. The van der Waals surface area contributed by atoms with Crippen molar-refractivity contribution in [1.82, 2.24) is 0 Å². The Balaban J connectivity index is 4.30. The lowest BCUT2D eigenvalue weighted by Gasteiger charge is -2.18. The molecule has 400 valence electrons. The number of unbranched alkanes of at least 4 members (excludes halogenated alkanes) is 41. The maximum atomic E-state index is 12.9. The predicted molar refractivity (Wildman–Crippen MR) is 293 cm³/mol. The van der Waals surface area contributed by atoms with E-state index in [1.807, 2.05) is 0 Å². The van der Waals surface area contributed by atoms with Crippen molar-refractivity contribution in [2.45, 2.75) is 341 Å². The van der Waals surface area contributed by atoms with Gasteiger partial charge in [0, 0.05) is 19.3 Å². The Bertz CT molecular complexity index is 1100. The molecule has 6 heteroatoms. The average Bonchev–Trinajstić information content (AvgIpc) is 3.34. The van der Waals surface area contributed by atoms with Crippen molar-refractivity contribution in [2.24, 2.45) is 0 Å². The number of ether oxygens (including phenoxy) is 3. The second kappa shape index (κ2) is 57.5. The molecule has 0 saturated heterocycles. The van der Waals surface area contributed by atoms with E-state index in [0.29, 0.717) is 19.3 Å². The van der Waals surface area contributed by atoms with Crippen LogP contribution in [-0.4, -0.2) is 37.2 Å². The minimum atomic E-state index is -0.772. The van der Waals surface area contributed by atoms with Crippen LogP contribution >= 0.6 is 0 Å². The van der Waals surface area contributed by atoms with Gasteiger partial charge in [0.25, 0.3) is 0 Å². The Morgan fingerprint density at radius 1 is 0.279 bits per heavy atom. The highest BCUT2D eigenvalue weighted by atomic mass is 16.6. The molecule has 0 N–H and O–H groups in total. The second-order valence-electron chi connectivity index (χ2n) is 20.6. The van der Waals surface area contributed by atoms with Crippen molar-refractivity contribution in [3.63, 3.8) is 0 Å². The SMILES string of the molecule is CCCCCCCCCC/C=C\CCCCCCCCCC(=O)OC[C@@H](COC(=O)CCCCCCCCCCCCCC)OC(=O)CCCCCCCCC/C=C\CCCCCCCCCC. The first kappa shape index (κ1) is 65.9. The Hall–Kier alpha value is -2.11. The van der Waals surface area contributed by atoms with Gasteiger partial charge in [-0.05, 0) is 70.6 Å². The monoisotopic (exact) mass is 957 g/mol. The summed E-state index contributed by atoms with van der Waals surface area (Å²) in [6, 6.07) is 0. The molecular weight excluding hydrogens is 841 g/mol. The van der Waals surface area contributed by atoms with Crippen LogP contribution in [-0.2, 0) is 28.6 Å². The zero-order valence-corrected chi connectivity index (χ0v) is 45.9. The van der Waals surface area contributed by atoms with Gasteiger partial charge in [0.1, 0.15) is 13.2 Å². The molecule has 0 aromatic heterocycles. The van der Waals surface area contributed by atoms with Crippen LogP contribution in [0.4, 0.5) is 0 Å². The van der Waals surface area contributed by atoms with Crippen LogP contribution < -0.4 is 0 Å². The van der Waals surface area contributed by atoms with E-state index in [2.05, 4.69) is 45.1 Å². The molecule has 0 aliphatic heterocycles. The molecule has 0 fully saturated rings. The van der Waals surface area contributed by atoms with Crippen molar-refractivity contribution in [1.29, 1.82) is 0 Å². The van der Waals surface area contributed by atoms with E-state index in [0.717, 1.165) is 57.8 Å². The summed E-state index contributed by atoms with van der Waals surface area (Å²) in [5, 5.41) is 0. The molecule has 0 aromatic rings. The summed E-state index contributed by atoms with van der Waals surface area (Å²) in [6.07, 6.45) is 67.4. The van der Waals surface area contributed by atoms with Crippen LogP contribution in [0.1, 0.15) is 335 Å². The van der Waals surface area contributed by atoms with E-state index in [4.69, 9.17) is 14.2 Å². The summed E-state index contributed by atoms with van der Waals surface area (Å²) in [5.74, 6) is -0.857. The lowest BCUT2D eigenvalue weighted by Crippen LogP contribution is -2.30. The van der Waals surface area contributed by atoms with E-state index >= 15 is 0 Å². The number of carbonyl (C=O) groups is 3. The quantitative estimate of drug-likeness (QED) is 0.0262. The van der Waals surface area contributed by atoms with Crippen molar-refractivity contribution in [2.75, 3.05) is 13.2 Å². The Kier molecular flexibility index (Phi) is 55.7. The first-order valence-corrected chi connectivity index (χ1v) is 30.3. The molecular formula is C62H116O6. The summed E-state index contributed by atoms with van der Waals surface area (Å²) in [7, 11) is 0. The molecule has 1 atom stereocenters. The molecule has 0 saturated carbocycles. The van der Waals surface area contributed by atoms with Gasteiger partial charge in [-0.3, -0.25) is 14.4 Å². The van der Waals surface area contributed by atoms with E-state index in [1.165, 1.54) is 238 Å². The van der Waals surface area contributed by atoms with Gasteiger partial charge in [0.2, 0.25) is 0 Å². The van der Waals surface area contributed by atoms with Crippen molar-refractivity contribution >= 4 is 17.9 Å². The largest absolute Gasteiger partial charge is 0.462 e. The Morgan fingerprint density at radius 3 is 0.735 bits per heavy atom. The third kappa shape index (κ3) is 54.8. The summed E-state index contributed by atoms with van der Waals surface area (Å²) in [4.78, 5) is 38.2. The first-order valence-electron chi connectivity index (χ1n) is 30.3. The maximum absolute atomic E-state index is 12.9. The maximum Gasteiger partial charge on any atom is 0.306 e. The molecule has 0 unspecified atom stereocenters. The van der Waals surface area contributed by atoms with E-state index < -0.39 is 6.10 Å². The van der Waals surface area contributed by atoms with Crippen LogP contribution in [0.2, 0.25) is 0 Å². The number of hydrogen-bond donors (Lipinski definition) is 0. The van der Waals surface area contributed by atoms with E-state index in [9.17, 15) is 14.4 Å². The number of hydrogen-bond acceptors (Lipinski definition) is 6. The molecule has 0 radical (unpaired) electrons. The molecule has 0 rings (SSSR count). The van der Waals surface area contributed by atoms with Gasteiger partial charge < -0.3 is 14.2 Å². The molecule has 0 aliphatic carbocycles. The first-order chi connectivity index (χ1) is 33.5. The summed E-state index contributed by atoms with van der Waals surface area (Å²) in [6.45, 7) is 6.68. The molecule has 68 heavy (non-hydrogen) atoms. The molecule has 0 bridgehead atoms. The summed E-state index contributed by atoms with van der Waals surface area (Å²) < 4.78 is 16.9. The zero-order chi connectivity index (χ0) is 49.3. The van der Waals surface area contributed by atoms with E-state index in [-0.39, 0.29) is 31.1 Å². The molecule has 0 heterocycles. The standard InChI is InChI=1S/C62H116O6/c1-4-7-10-13-16-19-22-25-27-29-31-33-35-37-40-43-46-49-52-55-61(64)67-58-59(57-66-60(63)54-51-48-45-42-39-24-21-18-15-12-9-6-3)68-62(65)56-53-50-47-44-41-38-36-34-32-30-28-26-23-20-17-14-11-8-5-2/h29-32,59H,4-28,33-58H2,1-3H3/b31-29-,32-30-/t59-/m1/s1. The molecule has 0 aliphatic rings. The van der Waals surface area contributed by atoms with Crippen LogP contribution in [0.5, 0.6) is 0 Å². The fourth-order valence-corrected chi connectivity index (χ4v) is 9.08. The van der Waals surface area contributed by atoms with Crippen LogP contribution in [0.3, 0.4) is 0 Å². The highest BCUT2D eigenvalue weighted by molar-refractivity contribution is 5.71. The minimum Gasteiger partial charge on any atom is -0.462 e. The number of rotatable bonds is 56. The van der Waals surface area contributed by atoms with Gasteiger partial charge >= 0.3 is 17.9 Å². The van der Waals surface area contributed by atoms with Crippen molar-refractivity contribution in [3.05, 3.63) is 24.3 Å². The molecule has 6 nitrogen and oxygen atoms in total. The fraction of sp³-hybridized carbons (Fsp3) is 0.887. The Morgan fingerprint density at radius 2 is 0.485 bits per heavy atom. The van der Waals surface area contributed by atoms with Gasteiger partial charge in [-0.15, -0.1) is 0 Å². The fourth-order valence-electron chi connectivity index (χ4n) is 9.08. The van der Waals surface area contributed by atoms with Crippen molar-refractivity contribution in [3.8, 4) is 0 Å². The van der Waals surface area contributed by atoms with Crippen LogP contribution in [0, 0.1) is 0 Å². The van der Waals surface area contributed by atoms with Crippen LogP contribution in [0.15, 0.2) is 24.3 Å². The van der Waals surface area contributed by atoms with Gasteiger partial charge in [-0.2, -0.15) is 0 Å². The normalized spacial score (nSPS) is 12.1. The lowest BCUT2D eigenvalue weighted by atomic mass is 10.0. The second-order valence-corrected chi connectivity index (χ2v) is 20.6. The lowest BCUT2D eigenvalue weighted by molar-refractivity contribution is -0.167.